The summed E-state index contributed by atoms with van der Waals surface area (Å²) >= 11 is 0. The van der Waals surface area contributed by atoms with Crippen LogP contribution >= 0.6 is 0 Å². The van der Waals surface area contributed by atoms with E-state index in [1.54, 1.807) is 5.57 Å². The van der Waals surface area contributed by atoms with Gasteiger partial charge in [-0.2, -0.15) is 0 Å². The molecule has 2 rings (SSSR count). The lowest BCUT2D eigenvalue weighted by Crippen LogP contribution is -2.29. The number of dihydropyridines is 1. The van der Waals surface area contributed by atoms with Crippen molar-refractivity contribution in [2.45, 2.75) is 71.8 Å². The van der Waals surface area contributed by atoms with Crippen LogP contribution in [0.15, 0.2) is 16.6 Å². The van der Waals surface area contributed by atoms with Crippen molar-refractivity contribution in [1.29, 1.82) is 0 Å². The Labute approximate surface area is 106 Å². The van der Waals surface area contributed by atoms with Gasteiger partial charge < -0.3 is 0 Å². The summed E-state index contributed by atoms with van der Waals surface area (Å²) in [6, 6.07) is 0.576. The Morgan fingerprint density at radius 3 is 2.35 bits per heavy atom. The summed E-state index contributed by atoms with van der Waals surface area (Å²) in [7, 11) is 0. The number of nitrogens with zero attached hydrogens (tertiary/aromatic N) is 1. The van der Waals surface area contributed by atoms with E-state index in [4.69, 9.17) is 4.99 Å². The summed E-state index contributed by atoms with van der Waals surface area (Å²) < 4.78 is 0. The van der Waals surface area contributed by atoms with Crippen LogP contribution in [0.5, 0.6) is 0 Å². The standard InChI is InChI=1S/C16H27N/c1-16(2,3)14-11-12-17-15-10-8-6-4-5-7-9-13(14)15/h11-13,15H,4-10H2,1-3H3. The van der Waals surface area contributed by atoms with Crippen molar-refractivity contribution >= 4 is 6.21 Å². The molecule has 1 nitrogen and oxygen atoms in total. The molecule has 2 unspecified atom stereocenters. The third-order valence-corrected chi connectivity index (χ3v) is 4.28. The van der Waals surface area contributed by atoms with Crippen LogP contribution in [-0.2, 0) is 0 Å². The van der Waals surface area contributed by atoms with Gasteiger partial charge >= 0.3 is 0 Å². The summed E-state index contributed by atoms with van der Waals surface area (Å²) in [5.41, 5.74) is 1.95. The van der Waals surface area contributed by atoms with Crippen molar-refractivity contribution in [1.82, 2.24) is 0 Å². The molecule has 1 heteroatoms. The fourth-order valence-corrected chi connectivity index (χ4v) is 3.35. The van der Waals surface area contributed by atoms with Crippen LogP contribution in [0.1, 0.15) is 65.7 Å². The van der Waals surface area contributed by atoms with Gasteiger partial charge in [-0.05, 0) is 24.3 Å². The molecule has 0 spiro atoms. The third-order valence-electron chi connectivity index (χ3n) is 4.28. The molecule has 0 radical (unpaired) electrons. The van der Waals surface area contributed by atoms with Gasteiger partial charge in [0.2, 0.25) is 0 Å². The van der Waals surface area contributed by atoms with Gasteiger partial charge in [-0.3, -0.25) is 4.99 Å². The van der Waals surface area contributed by atoms with E-state index in [1.807, 2.05) is 0 Å². The fraction of sp³-hybridized carbons (Fsp3) is 0.812. The second kappa shape index (κ2) is 5.37. The second-order valence-corrected chi connectivity index (χ2v) is 6.69. The Balaban J connectivity index is 2.17. The molecule has 1 saturated carbocycles. The number of aliphatic imine (C=N–C) groups is 1. The van der Waals surface area contributed by atoms with Gasteiger partial charge in [0.05, 0.1) is 6.04 Å². The lowest BCUT2D eigenvalue weighted by Gasteiger charge is -2.36. The summed E-state index contributed by atoms with van der Waals surface area (Å²) in [5.74, 6) is 0.720. The van der Waals surface area contributed by atoms with Gasteiger partial charge in [0, 0.05) is 12.1 Å². The van der Waals surface area contributed by atoms with Gasteiger partial charge in [0.25, 0.3) is 0 Å². The zero-order chi connectivity index (χ0) is 12.3. The van der Waals surface area contributed by atoms with Crippen LogP contribution in [0.2, 0.25) is 0 Å². The van der Waals surface area contributed by atoms with E-state index in [0.717, 1.165) is 5.92 Å². The quantitative estimate of drug-likeness (QED) is 0.571. The van der Waals surface area contributed by atoms with E-state index in [9.17, 15) is 0 Å². The average molecular weight is 233 g/mol. The molecule has 0 aromatic heterocycles. The minimum absolute atomic E-state index is 0.309. The molecule has 0 N–H and O–H groups in total. The topological polar surface area (TPSA) is 12.4 Å². The lowest BCUT2D eigenvalue weighted by molar-refractivity contribution is 0.343. The van der Waals surface area contributed by atoms with Crippen LogP contribution < -0.4 is 0 Å². The monoisotopic (exact) mass is 233 g/mol. The highest BCUT2D eigenvalue weighted by Crippen LogP contribution is 2.40. The zero-order valence-electron chi connectivity index (χ0n) is 11.7. The van der Waals surface area contributed by atoms with Crippen molar-refractivity contribution in [3.05, 3.63) is 11.6 Å². The minimum Gasteiger partial charge on any atom is -0.289 e. The van der Waals surface area contributed by atoms with Crippen LogP contribution in [0.3, 0.4) is 0 Å². The second-order valence-electron chi connectivity index (χ2n) is 6.69. The summed E-state index contributed by atoms with van der Waals surface area (Å²) in [5, 5.41) is 0. The molecule has 2 atom stereocenters. The maximum atomic E-state index is 4.76. The molecule has 1 aliphatic heterocycles. The Bertz CT molecular complexity index is 306. The van der Waals surface area contributed by atoms with E-state index in [0.29, 0.717) is 11.5 Å². The highest BCUT2D eigenvalue weighted by molar-refractivity contribution is 5.74. The summed E-state index contributed by atoms with van der Waals surface area (Å²) in [6.07, 6.45) is 14.0. The van der Waals surface area contributed by atoms with Crippen molar-refractivity contribution in [3.8, 4) is 0 Å². The predicted octanol–water partition coefficient (Wildman–Crippen LogP) is 4.77. The number of rotatable bonds is 0. The average Bonchev–Trinajstić information content (AvgIpc) is 2.38. The van der Waals surface area contributed by atoms with Crippen molar-refractivity contribution in [2.75, 3.05) is 0 Å². The van der Waals surface area contributed by atoms with Crippen LogP contribution in [0, 0.1) is 11.3 Å². The van der Waals surface area contributed by atoms with E-state index >= 15 is 0 Å². The highest BCUT2D eigenvalue weighted by Gasteiger charge is 2.32. The first kappa shape index (κ1) is 12.9. The van der Waals surface area contributed by atoms with E-state index in [1.165, 1.54) is 44.9 Å². The van der Waals surface area contributed by atoms with Crippen LogP contribution in [0.25, 0.3) is 0 Å². The molecule has 0 aromatic carbocycles. The van der Waals surface area contributed by atoms with Crippen molar-refractivity contribution < 1.29 is 0 Å². The molecule has 17 heavy (non-hydrogen) atoms. The number of hydrogen-bond donors (Lipinski definition) is 0. The molecule has 0 saturated heterocycles. The molecular weight excluding hydrogens is 206 g/mol. The normalized spacial score (nSPS) is 30.9. The fourth-order valence-electron chi connectivity index (χ4n) is 3.35. The summed E-state index contributed by atoms with van der Waals surface area (Å²) in [4.78, 5) is 4.76. The molecule has 1 aliphatic carbocycles. The number of fused-ring (bicyclic) bond motifs is 1. The Morgan fingerprint density at radius 1 is 1.00 bits per heavy atom. The molecular formula is C16H27N. The van der Waals surface area contributed by atoms with Crippen LogP contribution in [-0.4, -0.2) is 12.3 Å². The lowest BCUT2D eigenvalue weighted by atomic mass is 9.72. The van der Waals surface area contributed by atoms with Gasteiger partial charge in [-0.25, -0.2) is 0 Å². The first-order chi connectivity index (χ1) is 8.09. The first-order valence-corrected chi connectivity index (χ1v) is 7.33. The Morgan fingerprint density at radius 2 is 1.65 bits per heavy atom. The largest absolute Gasteiger partial charge is 0.289 e. The smallest absolute Gasteiger partial charge is 0.0565 e. The maximum Gasteiger partial charge on any atom is 0.0565 e. The number of hydrogen-bond acceptors (Lipinski definition) is 1. The number of allylic oxidation sites excluding steroid dienone is 1. The molecule has 96 valence electrons. The molecule has 1 fully saturated rings. The van der Waals surface area contributed by atoms with Gasteiger partial charge in [0.15, 0.2) is 0 Å². The first-order valence-electron chi connectivity index (χ1n) is 7.33. The third kappa shape index (κ3) is 3.20. The van der Waals surface area contributed by atoms with E-state index in [2.05, 4.69) is 33.1 Å². The molecule has 0 bridgehead atoms. The zero-order valence-corrected chi connectivity index (χ0v) is 11.7. The molecule has 0 amide bonds. The van der Waals surface area contributed by atoms with Gasteiger partial charge in [-0.15, -0.1) is 0 Å². The molecule has 1 heterocycles. The molecule has 2 aliphatic rings. The SMILES string of the molecule is CC(C)(C)C1=CC=NC2CCCCCCCC12. The minimum atomic E-state index is 0.309. The predicted molar refractivity (Wildman–Crippen MR) is 75.6 cm³/mol. The van der Waals surface area contributed by atoms with Crippen molar-refractivity contribution in [2.24, 2.45) is 16.3 Å². The van der Waals surface area contributed by atoms with Crippen LogP contribution in [0.4, 0.5) is 0 Å². The van der Waals surface area contributed by atoms with E-state index in [-0.39, 0.29) is 0 Å². The molecule has 0 aromatic rings. The summed E-state index contributed by atoms with van der Waals surface area (Å²) in [6.45, 7) is 7.05. The van der Waals surface area contributed by atoms with Gasteiger partial charge in [0.1, 0.15) is 0 Å². The Hall–Kier alpha value is -0.590. The van der Waals surface area contributed by atoms with E-state index < -0.39 is 0 Å². The van der Waals surface area contributed by atoms with Crippen molar-refractivity contribution in [3.63, 3.8) is 0 Å². The highest BCUT2D eigenvalue weighted by atomic mass is 14.8. The van der Waals surface area contributed by atoms with Gasteiger partial charge in [-0.1, -0.05) is 58.4 Å². The Kier molecular flexibility index (Phi) is 4.06. The maximum absolute atomic E-state index is 4.76.